The molecule has 0 bridgehead atoms. The van der Waals surface area contributed by atoms with Crippen LogP contribution in [0.15, 0.2) is 55.0 Å². The van der Waals surface area contributed by atoms with Gasteiger partial charge < -0.3 is 0 Å². The number of aromatic nitrogens is 4. The van der Waals surface area contributed by atoms with Gasteiger partial charge in [0.15, 0.2) is 5.82 Å². The van der Waals surface area contributed by atoms with E-state index in [9.17, 15) is 4.39 Å². The number of rotatable bonds is 3. The van der Waals surface area contributed by atoms with Gasteiger partial charge in [-0.15, -0.1) is 0 Å². The molecule has 0 unspecified atom stereocenters. The molecule has 0 aliphatic rings. The van der Waals surface area contributed by atoms with E-state index in [2.05, 4.69) is 15.1 Å². The van der Waals surface area contributed by atoms with Crippen molar-refractivity contribution in [2.24, 2.45) is 0 Å². The lowest BCUT2D eigenvalue weighted by Crippen LogP contribution is -2.02. The molecule has 94 valence electrons. The summed E-state index contributed by atoms with van der Waals surface area (Å²) in [5.41, 5.74) is 1.28. The van der Waals surface area contributed by atoms with Crippen LogP contribution >= 0.6 is 0 Å². The van der Waals surface area contributed by atoms with E-state index in [0.717, 1.165) is 0 Å². The van der Waals surface area contributed by atoms with E-state index in [1.807, 2.05) is 12.1 Å². The normalized spacial score (nSPS) is 10.6. The number of hydrogen-bond donors (Lipinski definition) is 0. The zero-order chi connectivity index (χ0) is 13.1. The first-order chi connectivity index (χ1) is 9.33. The fraction of sp³-hybridized carbons (Fsp3) is 0.0714. The average Bonchev–Trinajstić information content (AvgIpc) is 2.91. The minimum absolute atomic E-state index is 0.226. The highest BCUT2D eigenvalue weighted by Crippen LogP contribution is 2.12. The van der Waals surface area contributed by atoms with E-state index in [-0.39, 0.29) is 5.82 Å². The van der Waals surface area contributed by atoms with E-state index < -0.39 is 0 Å². The lowest BCUT2D eigenvalue weighted by molar-refractivity contribution is 0.585. The first kappa shape index (κ1) is 11.5. The lowest BCUT2D eigenvalue weighted by atomic mass is 10.2. The summed E-state index contributed by atoms with van der Waals surface area (Å²) in [5, 5.41) is 4.34. The van der Waals surface area contributed by atoms with Crippen LogP contribution in [0.2, 0.25) is 0 Å². The Kier molecular flexibility index (Phi) is 3.02. The van der Waals surface area contributed by atoms with E-state index in [0.29, 0.717) is 23.6 Å². The van der Waals surface area contributed by atoms with Crippen molar-refractivity contribution in [2.45, 2.75) is 6.54 Å². The zero-order valence-corrected chi connectivity index (χ0v) is 10.1. The van der Waals surface area contributed by atoms with Gasteiger partial charge in [-0.2, -0.15) is 5.10 Å². The van der Waals surface area contributed by atoms with Gasteiger partial charge in [0.25, 0.3) is 0 Å². The fourth-order valence-corrected chi connectivity index (χ4v) is 1.80. The summed E-state index contributed by atoms with van der Waals surface area (Å²) in [6.45, 7) is 0.388. The summed E-state index contributed by atoms with van der Waals surface area (Å²) in [5.74, 6) is 0.338. The Balaban J connectivity index is 1.85. The van der Waals surface area contributed by atoms with Crippen LogP contribution in [0.1, 0.15) is 5.56 Å². The summed E-state index contributed by atoms with van der Waals surface area (Å²) in [7, 11) is 0. The standard InChI is InChI=1S/C14H11FN4/c15-12-5-2-1-4-11(12)10-19-9-6-13(18-19)14-16-7-3-8-17-14/h1-9H,10H2. The summed E-state index contributed by atoms with van der Waals surface area (Å²) >= 11 is 0. The highest BCUT2D eigenvalue weighted by atomic mass is 19.1. The molecule has 2 heterocycles. The molecule has 2 aromatic heterocycles. The third kappa shape index (κ3) is 2.49. The van der Waals surface area contributed by atoms with Gasteiger partial charge in [-0.1, -0.05) is 18.2 Å². The molecule has 0 radical (unpaired) electrons. The topological polar surface area (TPSA) is 43.6 Å². The molecule has 0 spiro atoms. The monoisotopic (exact) mass is 254 g/mol. The van der Waals surface area contributed by atoms with Gasteiger partial charge in [0.1, 0.15) is 11.5 Å². The molecule has 4 nitrogen and oxygen atoms in total. The van der Waals surface area contributed by atoms with Crippen molar-refractivity contribution in [3.05, 3.63) is 66.4 Å². The van der Waals surface area contributed by atoms with Crippen molar-refractivity contribution in [3.8, 4) is 11.5 Å². The molecule has 0 aliphatic heterocycles. The molecule has 5 heteroatoms. The lowest BCUT2D eigenvalue weighted by Gasteiger charge is -2.02. The van der Waals surface area contributed by atoms with Gasteiger partial charge in [0.05, 0.1) is 6.54 Å². The second-order valence-corrected chi connectivity index (χ2v) is 4.06. The highest BCUT2D eigenvalue weighted by Gasteiger charge is 2.06. The molecule has 0 aliphatic carbocycles. The van der Waals surface area contributed by atoms with Crippen molar-refractivity contribution in [2.75, 3.05) is 0 Å². The quantitative estimate of drug-likeness (QED) is 0.721. The smallest absolute Gasteiger partial charge is 0.179 e. The van der Waals surface area contributed by atoms with E-state index in [4.69, 9.17) is 0 Å². The summed E-state index contributed by atoms with van der Waals surface area (Å²) in [6.07, 6.45) is 5.12. The molecule has 0 atom stereocenters. The second kappa shape index (κ2) is 4.97. The van der Waals surface area contributed by atoms with E-state index >= 15 is 0 Å². The molecule has 0 fully saturated rings. The third-order valence-corrected chi connectivity index (χ3v) is 2.73. The maximum atomic E-state index is 13.5. The number of benzene rings is 1. The van der Waals surface area contributed by atoms with Crippen LogP contribution in [0.3, 0.4) is 0 Å². The van der Waals surface area contributed by atoms with Crippen molar-refractivity contribution in [1.82, 2.24) is 19.7 Å². The molecule has 19 heavy (non-hydrogen) atoms. The molecule has 3 rings (SSSR count). The van der Waals surface area contributed by atoms with E-state index in [1.165, 1.54) is 6.07 Å². The Morgan fingerprint density at radius 1 is 1.00 bits per heavy atom. The minimum Gasteiger partial charge on any atom is -0.267 e. The van der Waals surface area contributed by atoms with Crippen molar-refractivity contribution in [1.29, 1.82) is 0 Å². The first-order valence-electron chi connectivity index (χ1n) is 5.87. The van der Waals surface area contributed by atoms with Crippen LogP contribution in [0.25, 0.3) is 11.5 Å². The van der Waals surface area contributed by atoms with Crippen LogP contribution in [0.5, 0.6) is 0 Å². The molecule has 1 aromatic carbocycles. The predicted molar refractivity (Wildman–Crippen MR) is 68.8 cm³/mol. The zero-order valence-electron chi connectivity index (χ0n) is 10.1. The molecule has 0 saturated heterocycles. The van der Waals surface area contributed by atoms with Gasteiger partial charge >= 0.3 is 0 Å². The molecular weight excluding hydrogens is 243 g/mol. The van der Waals surface area contributed by atoms with Crippen LogP contribution < -0.4 is 0 Å². The summed E-state index contributed by atoms with van der Waals surface area (Å²) < 4.78 is 15.2. The predicted octanol–water partition coefficient (Wildman–Crippen LogP) is 2.53. The SMILES string of the molecule is Fc1ccccc1Cn1ccc(-c2ncccn2)n1. The van der Waals surface area contributed by atoms with Crippen LogP contribution in [-0.2, 0) is 6.54 Å². The Morgan fingerprint density at radius 3 is 2.58 bits per heavy atom. The Morgan fingerprint density at radius 2 is 1.79 bits per heavy atom. The van der Waals surface area contributed by atoms with Crippen molar-refractivity contribution >= 4 is 0 Å². The van der Waals surface area contributed by atoms with Gasteiger partial charge in [-0.05, 0) is 18.2 Å². The third-order valence-electron chi connectivity index (χ3n) is 2.73. The maximum absolute atomic E-state index is 13.5. The molecule has 3 aromatic rings. The second-order valence-electron chi connectivity index (χ2n) is 4.06. The van der Waals surface area contributed by atoms with Crippen LogP contribution in [0.4, 0.5) is 4.39 Å². The van der Waals surface area contributed by atoms with Gasteiger partial charge in [0.2, 0.25) is 0 Å². The summed E-state index contributed by atoms with van der Waals surface area (Å²) in [4.78, 5) is 8.25. The first-order valence-corrected chi connectivity index (χ1v) is 5.87. The number of hydrogen-bond acceptors (Lipinski definition) is 3. The molecule has 0 N–H and O–H groups in total. The molecule has 0 saturated carbocycles. The molecule has 0 amide bonds. The summed E-state index contributed by atoms with van der Waals surface area (Å²) in [6, 6.07) is 10.2. The van der Waals surface area contributed by atoms with Crippen molar-refractivity contribution < 1.29 is 4.39 Å². The van der Waals surface area contributed by atoms with Gasteiger partial charge in [-0.25, -0.2) is 14.4 Å². The number of halogens is 1. The van der Waals surface area contributed by atoms with Crippen LogP contribution in [-0.4, -0.2) is 19.7 Å². The largest absolute Gasteiger partial charge is 0.267 e. The Hall–Kier alpha value is -2.56. The molecular formula is C14H11FN4. The van der Waals surface area contributed by atoms with Gasteiger partial charge in [-0.3, -0.25) is 4.68 Å². The number of nitrogens with zero attached hydrogens (tertiary/aromatic N) is 4. The fourth-order valence-electron chi connectivity index (χ4n) is 1.80. The van der Waals surface area contributed by atoms with Gasteiger partial charge in [0, 0.05) is 24.2 Å². The van der Waals surface area contributed by atoms with Crippen LogP contribution in [0, 0.1) is 5.82 Å². The maximum Gasteiger partial charge on any atom is 0.179 e. The average molecular weight is 254 g/mol. The Bertz CT molecular complexity index is 679. The van der Waals surface area contributed by atoms with E-state index in [1.54, 1.807) is 41.5 Å². The minimum atomic E-state index is -0.226. The highest BCUT2D eigenvalue weighted by molar-refractivity contribution is 5.46. The Labute approximate surface area is 109 Å². The van der Waals surface area contributed by atoms with Crippen molar-refractivity contribution in [3.63, 3.8) is 0 Å².